The van der Waals surface area contributed by atoms with Crippen LogP contribution in [-0.4, -0.2) is 5.78 Å². The first-order valence-electron chi connectivity index (χ1n) is 6.11. The molecular weight excluding hydrogens is 196 g/mol. The van der Waals surface area contributed by atoms with Crippen LogP contribution in [0.5, 0.6) is 0 Å². The van der Waals surface area contributed by atoms with Gasteiger partial charge < -0.3 is 0 Å². The van der Waals surface area contributed by atoms with Crippen molar-refractivity contribution in [1.29, 1.82) is 0 Å². The number of benzene rings is 1. The molecule has 0 aliphatic heterocycles. The second kappa shape index (κ2) is 3.58. The van der Waals surface area contributed by atoms with Gasteiger partial charge in [-0.1, -0.05) is 30.3 Å². The zero-order chi connectivity index (χ0) is 11.0. The molecule has 0 N–H and O–H groups in total. The first-order chi connectivity index (χ1) is 7.80. The molecule has 1 heteroatoms. The van der Waals surface area contributed by atoms with Gasteiger partial charge in [-0.3, -0.25) is 4.79 Å². The molecule has 1 nitrogen and oxygen atoms in total. The van der Waals surface area contributed by atoms with Gasteiger partial charge in [0.2, 0.25) is 0 Å². The normalized spacial score (nSPS) is 28.1. The molecule has 0 radical (unpaired) electrons. The molecule has 1 atom stereocenters. The molecule has 0 saturated carbocycles. The number of ketones is 1. The van der Waals surface area contributed by atoms with Crippen LogP contribution >= 0.6 is 0 Å². The molecule has 2 aliphatic carbocycles. The van der Waals surface area contributed by atoms with E-state index >= 15 is 0 Å². The fraction of sp³-hybridized carbons (Fsp3) is 0.400. The van der Waals surface area contributed by atoms with Crippen LogP contribution in [0, 0.1) is 0 Å². The molecular formula is C15H16O. The Bertz CT molecular complexity index is 458. The van der Waals surface area contributed by atoms with Crippen molar-refractivity contribution >= 4 is 5.78 Å². The summed E-state index contributed by atoms with van der Waals surface area (Å²) in [5, 5.41) is 0. The Morgan fingerprint density at radius 1 is 1.06 bits per heavy atom. The van der Waals surface area contributed by atoms with E-state index in [9.17, 15) is 4.79 Å². The van der Waals surface area contributed by atoms with Crippen molar-refractivity contribution < 1.29 is 4.79 Å². The smallest absolute Gasteiger partial charge is 0.155 e. The molecule has 16 heavy (non-hydrogen) atoms. The van der Waals surface area contributed by atoms with Gasteiger partial charge in [0.25, 0.3) is 0 Å². The molecule has 0 bridgehead atoms. The van der Waals surface area contributed by atoms with Gasteiger partial charge in [0.05, 0.1) is 0 Å². The standard InChI is InChI=1S/C15H16O/c16-13-7-10-15(11-8-13)9-3-5-12-4-1-2-6-14(12)15/h1-2,4,6-7,10H,3,5,8-9,11H2. The summed E-state index contributed by atoms with van der Waals surface area (Å²) in [4.78, 5) is 11.3. The van der Waals surface area contributed by atoms with Gasteiger partial charge in [-0.15, -0.1) is 0 Å². The zero-order valence-corrected chi connectivity index (χ0v) is 9.41. The van der Waals surface area contributed by atoms with Gasteiger partial charge >= 0.3 is 0 Å². The van der Waals surface area contributed by atoms with Crippen LogP contribution in [0.15, 0.2) is 36.4 Å². The van der Waals surface area contributed by atoms with Crippen LogP contribution in [0.2, 0.25) is 0 Å². The van der Waals surface area contributed by atoms with E-state index in [-0.39, 0.29) is 11.2 Å². The SMILES string of the molecule is O=C1C=CC2(CCCc3ccccc32)CC1. The number of rotatable bonds is 0. The monoisotopic (exact) mass is 212 g/mol. The lowest BCUT2D eigenvalue weighted by molar-refractivity contribution is -0.115. The third kappa shape index (κ3) is 1.42. The molecule has 0 heterocycles. The van der Waals surface area contributed by atoms with Crippen LogP contribution in [-0.2, 0) is 16.6 Å². The maximum Gasteiger partial charge on any atom is 0.155 e. The topological polar surface area (TPSA) is 17.1 Å². The highest BCUT2D eigenvalue weighted by atomic mass is 16.1. The fourth-order valence-corrected chi connectivity index (χ4v) is 3.15. The van der Waals surface area contributed by atoms with E-state index in [4.69, 9.17) is 0 Å². The maximum absolute atomic E-state index is 11.3. The van der Waals surface area contributed by atoms with Crippen LogP contribution in [0.3, 0.4) is 0 Å². The predicted molar refractivity (Wildman–Crippen MR) is 64.4 cm³/mol. The molecule has 1 aromatic rings. The lowest BCUT2D eigenvalue weighted by atomic mass is 9.65. The Morgan fingerprint density at radius 3 is 2.75 bits per heavy atom. The summed E-state index contributed by atoms with van der Waals surface area (Å²) in [6.07, 6.45) is 9.32. The van der Waals surface area contributed by atoms with E-state index in [0.29, 0.717) is 6.42 Å². The van der Waals surface area contributed by atoms with Crippen molar-refractivity contribution in [1.82, 2.24) is 0 Å². The number of hydrogen-bond acceptors (Lipinski definition) is 1. The van der Waals surface area contributed by atoms with Crippen molar-refractivity contribution in [2.75, 3.05) is 0 Å². The molecule has 0 fully saturated rings. The lowest BCUT2D eigenvalue weighted by Crippen LogP contribution is -2.31. The van der Waals surface area contributed by atoms with Gasteiger partial charge in [0, 0.05) is 11.8 Å². The van der Waals surface area contributed by atoms with Crippen molar-refractivity contribution in [3.8, 4) is 0 Å². The number of allylic oxidation sites excluding steroid dienone is 2. The first kappa shape index (κ1) is 9.83. The largest absolute Gasteiger partial charge is 0.295 e. The summed E-state index contributed by atoms with van der Waals surface area (Å²) in [7, 11) is 0. The third-order valence-electron chi connectivity index (χ3n) is 4.03. The molecule has 1 aromatic carbocycles. The Hall–Kier alpha value is -1.37. The van der Waals surface area contributed by atoms with Crippen LogP contribution in [0.25, 0.3) is 0 Å². The van der Waals surface area contributed by atoms with Crippen LogP contribution in [0.1, 0.15) is 36.8 Å². The number of carbonyl (C=O) groups is 1. The van der Waals surface area contributed by atoms with Crippen LogP contribution < -0.4 is 0 Å². The summed E-state index contributed by atoms with van der Waals surface area (Å²) in [5.41, 5.74) is 3.11. The number of aryl methyl sites for hydroxylation is 1. The van der Waals surface area contributed by atoms with Gasteiger partial charge in [-0.05, 0) is 42.9 Å². The second-order valence-electron chi connectivity index (χ2n) is 4.97. The van der Waals surface area contributed by atoms with Crippen molar-refractivity contribution in [2.45, 2.75) is 37.5 Å². The third-order valence-corrected chi connectivity index (χ3v) is 4.03. The summed E-state index contributed by atoms with van der Waals surface area (Å²) in [6.45, 7) is 0. The van der Waals surface area contributed by atoms with E-state index < -0.39 is 0 Å². The summed E-state index contributed by atoms with van der Waals surface area (Å²) < 4.78 is 0. The van der Waals surface area contributed by atoms with Crippen LogP contribution in [0.4, 0.5) is 0 Å². The molecule has 3 rings (SSSR count). The first-order valence-corrected chi connectivity index (χ1v) is 6.11. The van der Waals surface area contributed by atoms with Crippen molar-refractivity contribution in [3.63, 3.8) is 0 Å². The predicted octanol–water partition coefficient (Wildman–Crippen LogP) is 3.18. The summed E-state index contributed by atoms with van der Waals surface area (Å²) >= 11 is 0. The van der Waals surface area contributed by atoms with Gasteiger partial charge in [0.1, 0.15) is 0 Å². The van der Waals surface area contributed by atoms with E-state index in [1.807, 2.05) is 0 Å². The average Bonchev–Trinajstić information content (AvgIpc) is 2.34. The Morgan fingerprint density at radius 2 is 1.94 bits per heavy atom. The summed E-state index contributed by atoms with van der Waals surface area (Å²) in [5.74, 6) is 0.286. The summed E-state index contributed by atoms with van der Waals surface area (Å²) in [6, 6.07) is 8.72. The quantitative estimate of drug-likeness (QED) is 0.645. The Labute approximate surface area is 96.2 Å². The highest BCUT2D eigenvalue weighted by Crippen LogP contribution is 2.43. The number of carbonyl (C=O) groups excluding carboxylic acids is 1. The van der Waals surface area contributed by atoms with E-state index in [1.54, 1.807) is 6.08 Å². The molecule has 0 saturated heterocycles. The van der Waals surface area contributed by atoms with E-state index in [0.717, 1.165) is 6.42 Å². The zero-order valence-electron chi connectivity index (χ0n) is 9.41. The Balaban J connectivity index is 2.10. The van der Waals surface area contributed by atoms with Gasteiger partial charge in [-0.2, -0.15) is 0 Å². The molecule has 0 amide bonds. The minimum Gasteiger partial charge on any atom is -0.295 e. The molecule has 1 spiro atoms. The lowest BCUT2D eigenvalue weighted by Gasteiger charge is -2.38. The minimum atomic E-state index is 0.169. The average molecular weight is 212 g/mol. The maximum atomic E-state index is 11.3. The van der Waals surface area contributed by atoms with E-state index in [1.165, 1.54) is 30.4 Å². The molecule has 0 aromatic heterocycles. The van der Waals surface area contributed by atoms with Crippen molar-refractivity contribution in [3.05, 3.63) is 47.5 Å². The Kier molecular flexibility index (Phi) is 2.20. The second-order valence-corrected chi connectivity index (χ2v) is 4.97. The number of fused-ring (bicyclic) bond motifs is 2. The number of hydrogen-bond donors (Lipinski definition) is 0. The molecule has 2 aliphatic rings. The highest BCUT2D eigenvalue weighted by Gasteiger charge is 2.35. The molecule has 1 unspecified atom stereocenters. The van der Waals surface area contributed by atoms with Gasteiger partial charge in [-0.25, -0.2) is 0 Å². The molecule has 82 valence electrons. The minimum absolute atomic E-state index is 0.169. The fourth-order valence-electron chi connectivity index (χ4n) is 3.15. The van der Waals surface area contributed by atoms with E-state index in [2.05, 4.69) is 30.3 Å². The highest BCUT2D eigenvalue weighted by molar-refractivity contribution is 5.91. The van der Waals surface area contributed by atoms with Crippen molar-refractivity contribution in [2.24, 2.45) is 0 Å². The van der Waals surface area contributed by atoms with Gasteiger partial charge in [0.15, 0.2) is 5.78 Å².